The highest BCUT2D eigenvalue weighted by Crippen LogP contribution is 2.38. The fourth-order valence-electron chi connectivity index (χ4n) is 2.85. The third kappa shape index (κ3) is 4.34. The SMILES string of the molecule is COc1cc(/C=C2\C(=O)NC(=O)N(c3ccccc3Cl)C2=O)cc(Br)c1OC(C)C. The molecular formula is C21H18BrClN2O5. The second kappa shape index (κ2) is 8.89. The van der Waals surface area contributed by atoms with Crippen LogP contribution in [-0.2, 0) is 9.59 Å². The number of ether oxygens (including phenoxy) is 2. The number of rotatable bonds is 5. The molecule has 7 nitrogen and oxygen atoms in total. The van der Waals surface area contributed by atoms with Gasteiger partial charge in [-0.1, -0.05) is 23.7 Å². The number of para-hydroxylation sites is 1. The van der Waals surface area contributed by atoms with E-state index in [1.54, 1.807) is 30.3 Å². The molecule has 0 bridgehead atoms. The van der Waals surface area contributed by atoms with Crippen LogP contribution in [0.1, 0.15) is 19.4 Å². The van der Waals surface area contributed by atoms with E-state index in [0.717, 1.165) is 4.90 Å². The molecule has 1 N–H and O–H groups in total. The van der Waals surface area contributed by atoms with Gasteiger partial charge in [0, 0.05) is 0 Å². The number of benzene rings is 2. The van der Waals surface area contributed by atoms with E-state index in [-0.39, 0.29) is 22.4 Å². The van der Waals surface area contributed by atoms with Crippen molar-refractivity contribution in [2.45, 2.75) is 20.0 Å². The maximum Gasteiger partial charge on any atom is 0.335 e. The Hall–Kier alpha value is -2.84. The number of hydrogen-bond donors (Lipinski definition) is 1. The van der Waals surface area contributed by atoms with E-state index in [0.29, 0.717) is 21.5 Å². The molecule has 0 atom stereocenters. The zero-order valence-corrected chi connectivity index (χ0v) is 18.7. The van der Waals surface area contributed by atoms with Gasteiger partial charge in [-0.2, -0.15) is 0 Å². The average Bonchev–Trinajstić information content (AvgIpc) is 2.68. The lowest BCUT2D eigenvalue weighted by molar-refractivity contribution is -0.122. The maximum absolute atomic E-state index is 13.0. The van der Waals surface area contributed by atoms with Gasteiger partial charge in [0.2, 0.25) is 0 Å². The number of methoxy groups -OCH3 is 1. The van der Waals surface area contributed by atoms with Gasteiger partial charge in [0.05, 0.1) is 28.4 Å². The molecule has 1 aliphatic heterocycles. The molecule has 3 rings (SSSR count). The standard InChI is InChI=1S/C21H18BrClN2O5/c1-11(2)30-18-14(22)9-12(10-17(18)29-3)8-13-19(26)24-21(28)25(20(13)27)16-7-5-4-6-15(16)23/h4-11H,1-3H3,(H,24,26,28)/b13-8+. The summed E-state index contributed by atoms with van der Waals surface area (Å²) in [6.45, 7) is 3.76. The van der Waals surface area contributed by atoms with Gasteiger partial charge in [-0.05, 0) is 65.7 Å². The van der Waals surface area contributed by atoms with E-state index in [4.69, 9.17) is 21.1 Å². The van der Waals surface area contributed by atoms with Crippen molar-refractivity contribution in [1.82, 2.24) is 5.32 Å². The van der Waals surface area contributed by atoms with Crippen molar-refractivity contribution in [3.8, 4) is 11.5 Å². The summed E-state index contributed by atoms with van der Waals surface area (Å²) < 4.78 is 11.7. The topological polar surface area (TPSA) is 84.9 Å². The molecule has 0 aliphatic carbocycles. The van der Waals surface area contributed by atoms with E-state index < -0.39 is 17.8 Å². The minimum atomic E-state index is -0.866. The summed E-state index contributed by atoms with van der Waals surface area (Å²) in [5.74, 6) is -0.657. The van der Waals surface area contributed by atoms with Crippen molar-refractivity contribution >= 4 is 57.1 Å². The third-order valence-corrected chi connectivity index (χ3v) is 5.02. The van der Waals surface area contributed by atoms with E-state index in [2.05, 4.69) is 21.2 Å². The summed E-state index contributed by atoms with van der Waals surface area (Å²) in [5.41, 5.74) is 0.460. The quantitative estimate of drug-likeness (QED) is 0.487. The van der Waals surface area contributed by atoms with Crippen LogP contribution in [0.2, 0.25) is 5.02 Å². The number of urea groups is 1. The molecular weight excluding hydrogens is 476 g/mol. The molecule has 4 amide bonds. The van der Waals surface area contributed by atoms with Gasteiger partial charge in [-0.3, -0.25) is 14.9 Å². The number of imide groups is 2. The van der Waals surface area contributed by atoms with Gasteiger partial charge >= 0.3 is 6.03 Å². The fourth-order valence-corrected chi connectivity index (χ4v) is 3.62. The lowest BCUT2D eigenvalue weighted by atomic mass is 10.1. The van der Waals surface area contributed by atoms with E-state index in [1.807, 2.05) is 13.8 Å². The smallest absolute Gasteiger partial charge is 0.335 e. The van der Waals surface area contributed by atoms with Crippen LogP contribution in [0.4, 0.5) is 10.5 Å². The van der Waals surface area contributed by atoms with Crippen molar-refractivity contribution in [3.05, 3.63) is 57.0 Å². The van der Waals surface area contributed by atoms with E-state index in [1.165, 1.54) is 19.3 Å². The predicted octanol–water partition coefficient (Wildman–Crippen LogP) is 4.56. The van der Waals surface area contributed by atoms with Crippen LogP contribution in [0.15, 0.2) is 46.4 Å². The Labute approximate surface area is 186 Å². The van der Waals surface area contributed by atoms with Gasteiger partial charge in [-0.15, -0.1) is 0 Å². The minimum Gasteiger partial charge on any atom is -0.493 e. The van der Waals surface area contributed by atoms with Crippen molar-refractivity contribution in [1.29, 1.82) is 0 Å². The first-order valence-corrected chi connectivity index (χ1v) is 10.1. The maximum atomic E-state index is 13.0. The highest BCUT2D eigenvalue weighted by atomic mass is 79.9. The van der Waals surface area contributed by atoms with Crippen LogP contribution in [-0.4, -0.2) is 31.1 Å². The fraction of sp³-hybridized carbons (Fsp3) is 0.190. The van der Waals surface area contributed by atoms with Crippen LogP contribution in [0.3, 0.4) is 0 Å². The highest BCUT2D eigenvalue weighted by molar-refractivity contribution is 9.10. The van der Waals surface area contributed by atoms with Crippen molar-refractivity contribution < 1.29 is 23.9 Å². The van der Waals surface area contributed by atoms with Crippen LogP contribution < -0.4 is 19.7 Å². The molecule has 0 spiro atoms. The number of anilines is 1. The second-order valence-corrected chi connectivity index (χ2v) is 7.87. The predicted molar refractivity (Wildman–Crippen MR) is 117 cm³/mol. The first-order chi connectivity index (χ1) is 14.2. The van der Waals surface area contributed by atoms with Gasteiger partial charge in [0.1, 0.15) is 5.57 Å². The summed E-state index contributed by atoms with van der Waals surface area (Å²) >= 11 is 9.57. The molecule has 30 heavy (non-hydrogen) atoms. The zero-order chi connectivity index (χ0) is 22.0. The first-order valence-electron chi connectivity index (χ1n) is 8.93. The largest absolute Gasteiger partial charge is 0.493 e. The summed E-state index contributed by atoms with van der Waals surface area (Å²) in [7, 11) is 1.49. The monoisotopic (exact) mass is 492 g/mol. The molecule has 1 aliphatic rings. The number of halogens is 2. The Morgan fingerprint density at radius 2 is 1.87 bits per heavy atom. The molecule has 0 aromatic heterocycles. The van der Waals surface area contributed by atoms with Gasteiger partial charge in [0.25, 0.3) is 11.8 Å². The Morgan fingerprint density at radius 1 is 1.17 bits per heavy atom. The van der Waals surface area contributed by atoms with Gasteiger partial charge in [0.15, 0.2) is 11.5 Å². The summed E-state index contributed by atoms with van der Waals surface area (Å²) in [5, 5.41) is 2.37. The number of hydrogen-bond acceptors (Lipinski definition) is 5. The third-order valence-electron chi connectivity index (χ3n) is 4.11. The number of amides is 4. The molecule has 1 heterocycles. The molecule has 9 heteroatoms. The normalized spacial score (nSPS) is 15.6. The Bertz CT molecular complexity index is 1070. The van der Waals surface area contributed by atoms with E-state index in [9.17, 15) is 14.4 Å². The molecule has 1 fully saturated rings. The molecule has 1 saturated heterocycles. The van der Waals surface area contributed by atoms with Gasteiger partial charge in [-0.25, -0.2) is 9.69 Å². The van der Waals surface area contributed by atoms with Crippen LogP contribution in [0.25, 0.3) is 6.08 Å². The lowest BCUT2D eigenvalue weighted by Gasteiger charge is -2.27. The number of carbonyl (C=O) groups is 3. The number of barbiturate groups is 1. The zero-order valence-electron chi connectivity index (χ0n) is 16.4. The Kier molecular flexibility index (Phi) is 6.48. The second-order valence-electron chi connectivity index (χ2n) is 6.61. The van der Waals surface area contributed by atoms with E-state index >= 15 is 0 Å². The summed E-state index contributed by atoms with van der Waals surface area (Å²) in [4.78, 5) is 38.5. The summed E-state index contributed by atoms with van der Waals surface area (Å²) in [6, 6.07) is 8.82. The average molecular weight is 494 g/mol. The Morgan fingerprint density at radius 3 is 2.50 bits per heavy atom. The molecule has 0 radical (unpaired) electrons. The minimum absolute atomic E-state index is 0.0831. The number of carbonyl (C=O) groups excluding carboxylic acids is 3. The van der Waals surface area contributed by atoms with Crippen LogP contribution >= 0.6 is 27.5 Å². The number of nitrogens with zero attached hydrogens (tertiary/aromatic N) is 1. The molecule has 156 valence electrons. The van der Waals surface area contributed by atoms with Crippen LogP contribution in [0.5, 0.6) is 11.5 Å². The van der Waals surface area contributed by atoms with Gasteiger partial charge < -0.3 is 9.47 Å². The van der Waals surface area contributed by atoms with Crippen molar-refractivity contribution in [2.75, 3.05) is 12.0 Å². The summed E-state index contributed by atoms with van der Waals surface area (Å²) in [6.07, 6.45) is 1.29. The van der Waals surface area contributed by atoms with Crippen molar-refractivity contribution in [3.63, 3.8) is 0 Å². The Balaban J connectivity index is 2.05. The number of nitrogens with one attached hydrogen (secondary N) is 1. The molecule has 2 aromatic carbocycles. The highest BCUT2D eigenvalue weighted by Gasteiger charge is 2.37. The van der Waals surface area contributed by atoms with Crippen molar-refractivity contribution in [2.24, 2.45) is 0 Å². The molecule has 0 saturated carbocycles. The lowest BCUT2D eigenvalue weighted by Crippen LogP contribution is -2.54. The van der Waals surface area contributed by atoms with Crippen LogP contribution in [0, 0.1) is 0 Å². The molecule has 2 aromatic rings. The first kappa shape index (κ1) is 21.9. The molecule has 0 unspecified atom stereocenters.